The molecule has 0 unspecified atom stereocenters. The van der Waals surface area contributed by atoms with Crippen molar-refractivity contribution in [2.75, 3.05) is 0 Å². The minimum atomic E-state index is -1.19. The molecule has 0 aromatic carbocycles. The summed E-state index contributed by atoms with van der Waals surface area (Å²) in [6.07, 6.45) is 3.21. The highest BCUT2D eigenvalue weighted by molar-refractivity contribution is 6.16. The Hall–Kier alpha value is -1.25. The number of allylic oxidation sites excluding steroid dienone is 1. The molecule has 0 radical (unpaired) electrons. The van der Waals surface area contributed by atoms with Crippen LogP contribution in [-0.2, 0) is 9.59 Å². The summed E-state index contributed by atoms with van der Waals surface area (Å²) in [6, 6.07) is 0. The Morgan fingerprint density at radius 2 is 1.83 bits per heavy atom. The molecule has 0 saturated carbocycles. The molecule has 0 amide bonds. The average molecular weight is 165 g/mol. The number of ketones is 2. The summed E-state index contributed by atoms with van der Waals surface area (Å²) in [5.74, 6) is -0.421. The molecule has 0 N–H and O–H groups in total. The van der Waals surface area contributed by atoms with Crippen LogP contribution in [0.3, 0.4) is 0 Å². The SMILES string of the molecule is CC(=O)C1(C(C)=O)N=CC=C1C. The van der Waals surface area contributed by atoms with Crippen LogP contribution in [0.5, 0.6) is 0 Å². The van der Waals surface area contributed by atoms with Gasteiger partial charge in [0.05, 0.1) is 0 Å². The maximum atomic E-state index is 11.2. The Balaban J connectivity index is 3.22. The quantitative estimate of drug-likeness (QED) is 0.571. The van der Waals surface area contributed by atoms with Crippen molar-refractivity contribution in [2.45, 2.75) is 26.3 Å². The van der Waals surface area contributed by atoms with Crippen LogP contribution in [0.15, 0.2) is 16.6 Å². The van der Waals surface area contributed by atoms with Crippen LogP contribution in [0.2, 0.25) is 0 Å². The van der Waals surface area contributed by atoms with E-state index in [0.717, 1.165) is 0 Å². The van der Waals surface area contributed by atoms with Gasteiger partial charge in [0.1, 0.15) is 0 Å². The first kappa shape index (κ1) is 8.84. The second-order valence-electron chi connectivity index (χ2n) is 2.95. The molecule has 3 nitrogen and oxygen atoms in total. The Kier molecular flexibility index (Phi) is 1.96. The summed E-state index contributed by atoms with van der Waals surface area (Å²) < 4.78 is 0. The van der Waals surface area contributed by atoms with E-state index in [9.17, 15) is 9.59 Å². The molecule has 0 bridgehead atoms. The van der Waals surface area contributed by atoms with E-state index < -0.39 is 5.54 Å². The maximum Gasteiger partial charge on any atom is 0.197 e. The summed E-state index contributed by atoms with van der Waals surface area (Å²) in [4.78, 5) is 26.4. The van der Waals surface area contributed by atoms with Gasteiger partial charge in [0.25, 0.3) is 0 Å². The zero-order valence-electron chi connectivity index (χ0n) is 7.42. The van der Waals surface area contributed by atoms with Gasteiger partial charge in [-0.2, -0.15) is 0 Å². The molecule has 0 aliphatic carbocycles. The lowest BCUT2D eigenvalue weighted by Gasteiger charge is -2.21. The van der Waals surface area contributed by atoms with E-state index in [1.54, 1.807) is 13.0 Å². The number of hydrogen-bond acceptors (Lipinski definition) is 3. The third kappa shape index (κ3) is 0.932. The van der Waals surface area contributed by atoms with Crippen molar-refractivity contribution in [3.05, 3.63) is 11.6 Å². The summed E-state index contributed by atoms with van der Waals surface area (Å²) >= 11 is 0. The van der Waals surface area contributed by atoms with Crippen LogP contribution >= 0.6 is 0 Å². The Morgan fingerprint density at radius 1 is 1.33 bits per heavy atom. The second kappa shape index (κ2) is 2.66. The molecule has 0 fully saturated rings. The summed E-state index contributed by atoms with van der Waals surface area (Å²) in [6.45, 7) is 4.53. The van der Waals surface area contributed by atoms with E-state index in [0.29, 0.717) is 5.57 Å². The lowest BCUT2D eigenvalue weighted by atomic mass is 9.85. The molecule has 0 atom stereocenters. The van der Waals surface area contributed by atoms with E-state index in [1.807, 2.05) is 0 Å². The summed E-state index contributed by atoms with van der Waals surface area (Å²) in [5.41, 5.74) is -0.484. The van der Waals surface area contributed by atoms with Gasteiger partial charge >= 0.3 is 0 Å². The fraction of sp³-hybridized carbons (Fsp3) is 0.444. The van der Waals surface area contributed by atoms with Crippen LogP contribution in [0.4, 0.5) is 0 Å². The van der Waals surface area contributed by atoms with Crippen molar-refractivity contribution in [3.8, 4) is 0 Å². The van der Waals surface area contributed by atoms with Crippen LogP contribution < -0.4 is 0 Å². The number of nitrogens with zero attached hydrogens (tertiary/aromatic N) is 1. The third-order valence-corrected chi connectivity index (χ3v) is 2.18. The lowest BCUT2D eigenvalue weighted by molar-refractivity contribution is -0.130. The van der Waals surface area contributed by atoms with Crippen molar-refractivity contribution >= 4 is 17.8 Å². The fourth-order valence-corrected chi connectivity index (χ4v) is 1.47. The van der Waals surface area contributed by atoms with E-state index in [4.69, 9.17) is 0 Å². The second-order valence-corrected chi connectivity index (χ2v) is 2.95. The smallest absolute Gasteiger partial charge is 0.197 e. The normalized spacial score (nSPS) is 19.1. The minimum Gasteiger partial charge on any atom is -0.296 e. The molecule has 0 aromatic heterocycles. The molecule has 0 aromatic rings. The van der Waals surface area contributed by atoms with Crippen LogP contribution in [0.25, 0.3) is 0 Å². The van der Waals surface area contributed by atoms with Crippen molar-refractivity contribution in [1.29, 1.82) is 0 Å². The molecular formula is C9H11NO2. The Labute approximate surface area is 71.2 Å². The molecule has 1 aliphatic rings. The first-order valence-electron chi connectivity index (χ1n) is 3.76. The highest BCUT2D eigenvalue weighted by Crippen LogP contribution is 2.27. The van der Waals surface area contributed by atoms with Gasteiger partial charge in [-0.25, -0.2) is 0 Å². The minimum absolute atomic E-state index is 0.211. The Morgan fingerprint density at radius 3 is 2.00 bits per heavy atom. The molecule has 0 spiro atoms. The standard InChI is InChI=1S/C9H11NO2/c1-6-4-5-10-9(6,7(2)11)8(3)12/h4-5H,1-3H3. The van der Waals surface area contributed by atoms with Gasteiger partial charge < -0.3 is 0 Å². The molecule has 0 saturated heterocycles. The predicted octanol–water partition coefficient (Wildman–Crippen LogP) is 0.934. The van der Waals surface area contributed by atoms with Crippen molar-refractivity contribution in [3.63, 3.8) is 0 Å². The first-order valence-corrected chi connectivity index (χ1v) is 3.76. The summed E-state index contributed by atoms with van der Waals surface area (Å²) in [5, 5.41) is 0. The number of hydrogen-bond donors (Lipinski definition) is 0. The topological polar surface area (TPSA) is 46.5 Å². The number of carbonyl (C=O) groups is 2. The summed E-state index contributed by atoms with van der Waals surface area (Å²) in [7, 11) is 0. The van der Waals surface area contributed by atoms with E-state index in [2.05, 4.69) is 4.99 Å². The van der Waals surface area contributed by atoms with Gasteiger partial charge in [-0.15, -0.1) is 0 Å². The van der Waals surface area contributed by atoms with E-state index in [-0.39, 0.29) is 11.6 Å². The lowest BCUT2D eigenvalue weighted by Crippen LogP contribution is -2.41. The monoisotopic (exact) mass is 165 g/mol. The third-order valence-electron chi connectivity index (χ3n) is 2.18. The molecule has 3 heteroatoms. The number of carbonyl (C=O) groups excluding carboxylic acids is 2. The van der Waals surface area contributed by atoms with Crippen LogP contribution in [-0.4, -0.2) is 23.3 Å². The average Bonchev–Trinajstić information content (AvgIpc) is 2.31. The fourth-order valence-electron chi connectivity index (χ4n) is 1.47. The molecule has 1 heterocycles. The van der Waals surface area contributed by atoms with Crippen LogP contribution in [0, 0.1) is 0 Å². The van der Waals surface area contributed by atoms with Gasteiger partial charge in [0, 0.05) is 6.21 Å². The molecular weight excluding hydrogens is 154 g/mol. The highest BCUT2D eigenvalue weighted by atomic mass is 16.2. The number of aliphatic imine (C=N–C) groups is 1. The predicted molar refractivity (Wildman–Crippen MR) is 46.3 cm³/mol. The zero-order valence-corrected chi connectivity index (χ0v) is 7.42. The van der Waals surface area contributed by atoms with E-state index >= 15 is 0 Å². The molecule has 12 heavy (non-hydrogen) atoms. The van der Waals surface area contributed by atoms with Crippen molar-refractivity contribution in [1.82, 2.24) is 0 Å². The number of Topliss-reactive ketones (excluding diaryl/α,β-unsaturated/α-hetero) is 2. The van der Waals surface area contributed by atoms with Crippen LogP contribution in [0.1, 0.15) is 20.8 Å². The Bertz CT molecular complexity index is 286. The molecule has 1 aliphatic heterocycles. The van der Waals surface area contributed by atoms with Gasteiger partial charge in [-0.05, 0) is 32.4 Å². The van der Waals surface area contributed by atoms with Gasteiger partial charge in [0.15, 0.2) is 17.1 Å². The zero-order chi connectivity index (χ0) is 9.35. The highest BCUT2D eigenvalue weighted by Gasteiger charge is 2.43. The first-order chi connectivity index (χ1) is 5.51. The van der Waals surface area contributed by atoms with E-state index in [1.165, 1.54) is 20.1 Å². The molecule has 1 rings (SSSR count). The van der Waals surface area contributed by atoms with Gasteiger partial charge in [-0.3, -0.25) is 14.6 Å². The van der Waals surface area contributed by atoms with Crippen molar-refractivity contribution in [2.24, 2.45) is 4.99 Å². The van der Waals surface area contributed by atoms with Crippen molar-refractivity contribution < 1.29 is 9.59 Å². The van der Waals surface area contributed by atoms with Gasteiger partial charge in [-0.1, -0.05) is 0 Å². The number of rotatable bonds is 2. The van der Waals surface area contributed by atoms with Gasteiger partial charge in [0.2, 0.25) is 0 Å². The maximum absolute atomic E-state index is 11.2. The molecule has 64 valence electrons. The largest absolute Gasteiger partial charge is 0.296 e.